The molecule has 6 atom stereocenters. The molecule has 1 saturated carbocycles. The third-order valence-electron chi connectivity index (χ3n) is 8.98. The van der Waals surface area contributed by atoms with E-state index >= 15 is 0 Å². The quantitative estimate of drug-likeness (QED) is 0.365. The molecule has 1 N–H and O–H groups in total. The highest BCUT2D eigenvalue weighted by molar-refractivity contribution is 5.99. The van der Waals surface area contributed by atoms with Gasteiger partial charge in [0.25, 0.3) is 0 Å². The number of hydrogen-bond acceptors (Lipinski definition) is 6. The summed E-state index contributed by atoms with van der Waals surface area (Å²) in [5, 5.41) is 10.4. The lowest BCUT2D eigenvalue weighted by Gasteiger charge is -2.43. The number of carbonyl (C=O) groups excluding carboxylic acids is 3. The fraction of sp³-hybridized carbons (Fsp3) is 0.750. The summed E-state index contributed by atoms with van der Waals surface area (Å²) in [6, 6.07) is -1.40. The molecule has 8 heteroatoms. The van der Waals surface area contributed by atoms with Crippen molar-refractivity contribution in [2.24, 2.45) is 17.8 Å². The van der Waals surface area contributed by atoms with Crippen molar-refractivity contribution >= 4 is 17.8 Å². The highest BCUT2D eigenvalue weighted by Crippen LogP contribution is 2.64. The van der Waals surface area contributed by atoms with Gasteiger partial charge in [-0.1, -0.05) is 51.8 Å². The maximum atomic E-state index is 14.5. The summed E-state index contributed by atoms with van der Waals surface area (Å²) in [5.41, 5.74) is -2.01. The summed E-state index contributed by atoms with van der Waals surface area (Å²) < 4.78 is 12.1. The summed E-state index contributed by atoms with van der Waals surface area (Å²) in [4.78, 5) is 45.4. The van der Waals surface area contributed by atoms with E-state index in [1.165, 1.54) is 6.08 Å². The second-order valence-corrected chi connectivity index (χ2v) is 11.5. The minimum Gasteiger partial charge on any atom is -0.461 e. The first-order valence-corrected chi connectivity index (χ1v) is 13.5. The fourth-order valence-electron chi connectivity index (χ4n) is 7.32. The van der Waals surface area contributed by atoms with E-state index in [0.717, 1.165) is 32.1 Å². The number of nitrogens with zero attached hydrogens (tertiary/aromatic N) is 2. The number of carbonyl (C=O) groups is 3. The Labute approximate surface area is 214 Å². The van der Waals surface area contributed by atoms with Gasteiger partial charge >= 0.3 is 5.97 Å². The smallest absolute Gasteiger partial charge is 0.313 e. The molecule has 0 aromatic heterocycles. The first-order chi connectivity index (χ1) is 17.2. The predicted octanol–water partition coefficient (Wildman–Crippen LogP) is 2.84. The number of hydrogen-bond donors (Lipinski definition) is 1. The Morgan fingerprint density at radius 2 is 1.92 bits per heavy atom. The molecular weight excluding hydrogens is 460 g/mol. The van der Waals surface area contributed by atoms with Gasteiger partial charge in [0.2, 0.25) is 11.8 Å². The van der Waals surface area contributed by atoms with E-state index in [2.05, 4.69) is 13.2 Å². The van der Waals surface area contributed by atoms with Gasteiger partial charge in [-0.25, -0.2) is 0 Å². The molecule has 200 valence electrons. The van der Waals surface area contributed by atoms with Crippen LogP contribution >= 0.6 is 0 Å². The van der Waals surface area contributed by atoms with Gasteiger partial charge in [0.1, 0.15) is 24.2 Å². The molecule has 4 rings (SSSR count). The SMILES string of the molecule is C=CCOC(=O)[C@H]1[C@H]2C(=O)N([C@@H](CO)C(C)C)C(C(=O)N(CC=C)C3CCCCC3)C23CC[C@]1(C)O3. The molecule has 0 aromatic rings. The molecule has 0 radical (unpaired) electrons. The number of aliphatic hydroxyl groups excluding tert-OH is 1. The number of likely N-dealkylation sites (tertiary alicyclic amines) is 1. The molecule has 4 aliphatic rings. The zero-order chi connectivity index (χ0) is 26.3. The predicted molar refractivity (Wildman–Crippen MR) is 135 cm³/mol. The van der Waals surface area contributed by atoms with E-state index in [0.29, 0.717) is 19.4 Å². The Morgan fingerprint density at radius 1 is 1.22 bits per heavy atom. The Hall–Kier alpha value is -2.19. The van der Waals surface area contributed by atoms with Crippen molar-refractivity contribution in [3.63, 3.8) is 0 Å². The van der Waals surface area contributed by atoms with Crippen molar-refractivity contribution in [3.05, 3.63) is 25.3 Å². The first-order valence-electron chi connectivity index (χ1n) is 13.5. The second-order valence-electron chi connectivity index (χ2n) is 11.5. The average molecular weight is 503 g/mol. The fourth-order valence-corrected chi connectivity index (χ4v) is 7.32. The summed E-state index contributed by atoms with van der Waals surface area (Å²) in [6.07, 6.45) is 9.39. The maximum Gasteiger partial charge on any atom is 0.313 e. The number of ether oxygens (including phenoxy) is 2. The lowest BCUT2D eigenvalue weighted by molar-refractivity contribution is -0.162. The van der Waals surface area contributed by atoms with Crippen LogP contribution in [-0.4, -0.2) is 81.8 Å². The average Bonchev–Trinajstić information content (AvgIpc) is 3.42. The molecule has 2 bridgehead atoms. The van der Waals surface area contributed by atoms with Crippen LogP contribution < -0.4 is 0 Å². The van der Waals surface area contributed by atoms with E-state index in [4.69, 9.17) is 9.47 Å². The molecule has 2 unspecified atom stereocenters. The molecule has 0 aromatic carbocycles. The summed E-state index contributed by atoms with van der Waals surface area (Å²) in [6.45, 7) is 13.4. The lowest BCUT2D eigenvalue weighted by atomic mass is 9.66. The van der Waals surface area contributed by atoms with Crippen LogP contribution in [0.15, 0.2) is 25.3 Å². The third kappa shape index (κ3) is 4.10. The van der Waals surface area contributed by atoms with Crippen LogP contribution in [0.2, 0.25) is 0 Å². The normalized spacial score (nSPS) is 34.5. The van der Waals surface area contributed by atoms with E-state index < -0.39 is 41.1 Å². The molecular formula is C28H42N2O6. The van der Waals surface area contributed by atoms with E-state index in [-0.39, 0.29) is 37.0 Å². The van der Waals surface area contributed by atoms with Gasteiger partial charge in [0, 0.05) is 12.6 Å². The van der Waals surface area contributed by atoms with Crippen LogP contribution in [-0.2, 0) is 23.9 Å². The van der Waals surface area contributed by atoms with Gasteiger partial charge in [-0.15, -0.1) is 6.58 Å². The minimum atomic E-state index is -1.13. The van der Waals surface area contributed by atoms with Gasteiger partial charge in [0.05, 0.1) is 24.2 Å². The van der Waals surface area contributed by atoms with E-state index in [1.807, 2.05) is 25.7 Å². The Balaban J connectivity index is 1.80. The number of esters is 1. The molecule has 36 heavy (non-hydrogen) atoms. The number of rotatable bonds is 10. The van der Waals surface area contributed by atoms with Crippen molar-refractivity contribution < 1.29 is 29.0 Å². The summed E-state index contributed by atoms with van der Waals surface area (Å²) >= 11 is 0. The number of fused-ring (bicyclic) bond motifs is 1. The van der Waals surface area contributed by atoms with Crippen molar-refractivity contribution in [2.45, 2.75) is 95.0 Å². The van der Waals surface area contributed by atoms with Gasteiger partial charge in [0.15, 0.2) is 0 Å². The Bertz CT molecular complexity index is 898. The summed E-state index contributed by atoms with van der Waals surface area (Å²) in [7, 11) is 0. The molecule has 3 aliphatic heterocycles. The topological polar surface area (TPSA) is 96.4 Å². The molecule has 1 aliphatic carbocycles. The summed E-state index contributed by atoms with van der Waals surface area (Å²) in [5.74, 6) is -2.69. The van der Waals surface area contributed by atoms with Gasteiger partial charge < -0.3 is 24.4 Å². The molecule has 2 amide bonds. The van der Waals surface area contributed by atoms with Gasteiger partial charge in [-0.2, -0.15) is 0 Å². The van der Waals surface area contributed by atoms with Crippen molar-refractivity contribution in [3.8, 4) is 0 Å². The highest BCUT2D eigenvalue weighted by Gasteiger charge is 2.79. The maximum absolute atomic E-state index is 14.5. The molecule has 3 heterocycles. The van der Waals surface area contributed by atoms with Crippen molar-refractivity contribution in [2.75, 3.05) is 19.8 Å². The zero-order valence-electron chi connectivity index (χ0n) is 22.0. The van der Waals surface area contributed by atoms with Crippen LogP contribution in [0, 0.1) is 17.8 Å². The lowest BCUT2D eigenvalue weighted by Crippen LogP contribution is -2.61. The van der Waals surface area contributed by atoms with Crippen LogP contribution in [0.1, 0.15) is 65.7 Å². The molecule has 1 spiro atoms. The number of aliphatic hydroxyl groups is 1. The van der Waals surface area contributed by atoms with Crippen LogP contribution in [0.5, 0.6) is 0 Å². The van der Waals surface area contributed by atoms with Crippen LogP contribution in [0.3, 0.4) is 0 Å². The Kier molecular flexibility index (Phi) is 7.68. The van der Waals surface area contributed by atoms with Gasteiger partial charge in [-0.05, 0) is 38.5 Å². The molecule has 3 saturated heterocycles. The molecule has 4 fully saturated rings. The van der Waals surface area contributed by atoms with Gasteiger partial charge in [-0.3, -0.25) is 14.4 Å². The monoisotopic (exact) mass is 502 g/mol. The Morgan fingerprint density at radius 3 is 2.50 bits per heavy atom. The highest BCUT2D eigenvalue weighted by atomic mass is 16.6. The number of amides is 2. The molecule has 8 nitrogen and oxygen atoms in total. The van der Waals surface area contributed by atoms with Crippen molar-refractivity contribution in [1.82, 2.24) is 9.80 Å². The van der Waals surface area contributed by atoms with Crippen LogP contribution in [0.25, 0.3) is 0 Å². The zero-order valence-corrected chi connectivity index (χ0v) is 22.0. The standard InChI is InChI=1S/C28H42N2O6/c1-6-15-29(19-11-9-8-10-12-19)25(33)23-28-14-13-27(5,36-28)22(26(34)35-16-7-2)21(28)24(32)30(23)20(17-31)18(3)4/h6-7,18-23,31H,1-2,8-17H2,3-5H3/t20-,21-,22+,23?,27-,28?/m0/s1. The van der Waals surface area contributed by atoms with Crippen molar-refractivity contribution in [1.29, 1.82) is 0 Å². The minimum absolute atomic E-state index is 0.0471. The first kappa shape index (κ1) is 26.9. The third-order valence-corrected chi connectivity index (χ3v) is 8.98. The van der Waals surface area contributed by atoms with E-state index in [9.17, 15) is 19.5 Å². The largest absolute Gasteiger partial charge is 0.461 e. The van der Waals surface area contributed by atoms with E-state index in [1.54, 1.807) is 11.0 Å². The second kappa shape index (κ2) is 10.3. The van der Waals surface area contributed by atoms with Crippen LogP contribution in [0.4, 0.5) is 0 Å².